The first-order valence-corrected chi connectivity index (χ1v) is 6.85. The van der Waals surface area contributed by atoms with Crippen LogP contribution in [0.5, 0.6) is 0 Å². The minimum absolute atomic E-state index is 0.0528. The second-order valence-electron chi connectivity index (χ2n) is 4.99. The van der Waals surface area contributed by atoms with Gasteiger partial charge in [0, 0.05) is 18.5 Å². The third kappa shape index (κ3) is 2.93. The molecule has 1 aliphatic carbocycles. The fraction of sp³-hybridized carbons (Fsp3) is 0.643. The minimum Gasteiger partial charge on any atom is -0.469 e. The van der Waals surface area contributed by atoms with E-state index in [0.29, 0.717) is 5.56 Å². The molecule has 4 nitrogen and oxygen atoms in total. The molecule has 2 atom stereocenters. The summed E-state index contributed by atoms with van der Waals surface area (Å²) in [5, 5.41) is 3.06. The second-order valence-corrected chi connectivity index (χ2v) is 4.99. The Morgan fingerprint density at radius 2 is 2.22 bits per heavy atom. The van der Waals surface area contributed by atoms with E-state index in [-0.39, 0.29) is 18.0 Å². The Kier molecular flexibility index (Phi) is 4.42. The molecule has 1 heterocycles. The monoisotopic (exact) mass is 250 g/mol. The molecule has 1 aromatic heterocycles. The molecule has 1 aliphatic rings. The SMILES string of the molecule is CCc1occc1C(=O)NC1CCCCCC1N. The van der Waals surface area contributed by atoms with E-state index in [1.54, 1.807) is 12.3 Å². The number of nitrogens with one attached hydrogen (secondary N) is 1. The Morgan fingerprint density at radius 3 is 3.00 bits per heavy atom. The molecule has 100 valence electrons. The first-order chi connectivity index (χ1) is 8.72. The number of nitrogens with two attached hydrogens (primary N) is 1. The Morgan fingerprint density at radius 1 is 1.44 bits per heavy atom. The summed E-state index contributed by atoms with van der Waals surface area (Å²) >= 11 is 0. The molecular formula is C14H22N2O2. The lowest BCUT2D eigenvalue weighted by Gasteiger charge is -2.22. The van der Waals surface area contributed by atoms with E-state index in [2.05, 4.69) is 5.32 Å². The van der Waals surface area contributed by atoms with Crippen LogP contribution in [0.3, 0.4) is 0 Å². The van der Waals surface area contributed by atoms with Gasteiger partial charge in [0.2, 0.25) is 0 Å². The van der Waals surface area contributed by atoms with Crippen LogP contribution in [-0.4, -0.2) is 18.0 Å². The maximum Gasteiger partial charge on any atom is 0.255 e. The zero-order valence-electron chi connectivity index (χ0n) is 10.9. The summed E-state index contributed by atoms with van der Waals surface area (Å²) in [6.45, 7) is 1.98. The van der Waals surface area contributed by atoms with Gasteiger partial charge in [0.1, 0.15) is 5.76 Å². The molecule has 1 saturated carbocycles. The molecule has 18 heavy (non-hydrogen) atoms. The van der Waals surface area contributed by atoms with Gasteiger partial charge < -0.3 is 15.5 Å². The van der Waals surface area contributed by atoms with E-state index >= 15 is 0 Å². The Balaban J connectivity index is 2.01. The van der Waals surface area contributed by atoms with Crippen LogP contribution in [0.15, 0.2) is 16.7 Å². The van der Waals surface area contributed by atoms with E-state index in [0.717, 1.165) is 31.4 Å². The van der Waals surface area contributed by atoms with Crippen LogP contribution in [0.1, 0.15) is 55.1 Å². The zero-order chi connectivity index (χ0) is 13.0. The Bertz CT molecular complexity index is 400. The number of furan rings is 1. The van der Waals surface area contributed by atoms with Gasteiger partial charge in [-0.1, -0.05) is 26.2 Å². The average molecular weight is 250 g/mol. The van der Waals surface area contributed by atoms with Crippen LogP contribution in [0.25, 0.3) is 0 Å². The fourth-order valence-corrected chi connectivity index (χ4v) is 2.58. The predicted octanol–water partition coefficient (Wildman–Crippen LogP) is 2.23. The number of aryl methyl sites for hydroxylation is 1. The minimum atomic E-state index is -0.0528. The summed E-state index contributed by atoms with van der Waals surface area (Å²) in [7, 11) is 0. The maximum absolute atomic E-state index is 12.2. The van der Waals surface area contributed by atoms with Crippen LogP contribution in [0.2, 0.25) is 0 Å². The predicted molar refractivity (Wildman–Crippen MR) is 70.4 cm³/mol. The van der Waals surface area contributed by atoms with E-state index in [9.17, 15) is 4.79 Å². The summed E-state index contributed by atoms with van der Waals surface area (Å²) in [5.74, 6) is 0.692. The molecule has 0 radical (unpaired) electrons. The molecule has 0 saturated heterocycles. The molecule has 4 heteroatoms. The van der Waals surface area contributed by atoms with Crippen molar-refractivity contribution >= 4 is 5.91 Å². The van der Waals surface area contributed by atoms with Crippen molar-refractivity contribution in [2.75, 3.05) is 0 Å². The summed E-state index contributed by atoms with van der Waals surface area (Å²) < 4.78 is 5.28. The maximum atomic E-state index is 12.2. The third-order valence-electron chi connectivity index (χ3n) is 3.70. The van der Waals surface area contributed by atoms with E-state index in [1.807, 2.05) is 6.92 Å². The first kappa shape index (κ1) is 13.1. The molecule has 2 rings (SSSR count). The number of hydrogen-bond acceptors (Lipinski definition) is 3. The van der Waals surface area contributed by atoms with Crippen LogP contribution in [0, 0.1) is 0 Å². The van der Waals surface area contributed by atoms with Gasteiger partial charge in [0.25, 0.3) is 5.91 Å². The average Bonchev–Trinajstić information content (AvgIpc) is 2.76. The fourth-order valence-electron chi connectivity index (χ4n) is 2.58. The van der Waals surface area contributed by atoms with Crippen molar-refractivity contribution in [3.63, 3.8) is 0 Å². The number of amides is 1. The van der Waals surface area contributed by atoms with Crippen molar-refractivity contribution in [1.29, 1.82) is 0 Å². The largest absolute Gasteiger partial charge is 0.469 e. The summed E-state index contributed by atoms with van der Waals surface area (Å²) in [5.41, 5.74) is 6.76. The summed E-state index contributed by atoms with van der Waals surface area (Å²) in [6.07, 6.45) is 7.80. The highest BCUT2D eigenvalue weighted by atomic mass is 16.3. The third-order valence-corrected chi connectivity index (χ3v) is 3.70. The quantitative estimate of drug-likeness (QED) is 0.808. The molecule has 0 spiro atoms. The number of carbonyl (C=O) groups is 1. The van der Waals surface area contributed by atoms with Gasteiger partial charge in [0.05, 0.1) is 11.8 Å². The van der Waals surface area contributed by atoms with Crippen molar-refractivity contribution in [2.45, 2.75) is 57.5 Å². The van der Waals surface area contributed by atoms with Crippen molar-refractivity contribution in [2.24, 2.45) is 5.73 Å². The standard InChI is InChI=1S/C14H22N2O2/c1-2-13-10(8-9-18-13)14(17)16-12-7-5-3-4-6-11(12)15/h8-9,11-12H,2-7,15H2,1H3,(H,16,17). The lowest BCUT2D eigenvalue weighted by atomic mass is 10.0. The van der Waals surface area contributed by atoms with Crippen molar-refractivity contribution < 1.29 is 9.21 Å². The normalized spacial score (nSPS) is 24.6. The van der Waals surface area contributed by atoms with Gasteiger partial charge in [-0.25, -0.2) is 0 Å². The number of hydrogen-bond donors (Lipinski definition) is 2. The highest BCUT2D eigenvalue weighted by molar-refractivity contribution is 5.95. The topological polar surface area (TPSA) is 68.3 Å². The molecule has 2 unspecified atom stereocenters. The van der Waals surface area contributed by atoms with Crippen molar-refractivity contribution in [3.05, 3.63) is 23.7 Å². The summed E-state index contributed by atoms with van der Waals surface area (Å²) in [4.78, 5) is 12.2. The second kappa shape index (κ2) is 6.05. The molecular weight excluding hydrogens is 228 g/mol. The summed E-state index contributed by atoms with van der Waals surface area (Å²) in [6, 6.07) is 1.91. The van der Waals surface area contributed by atoms with E-state index < -0.39 is 0 Å². The van der Waals surface area contributed by atoms with Crippen molar-refractivity contribution in [1.82, 2.24) is 5.32 Å². The number of rotatable bonds is 3. The van der Waals surface area contributed by atoms with E-state index in [1.165, 1.54) is 12.8 Å². The van der Waals surface area contributed by atoms with Gasteiger partial charge >= 0.3 is 0 Å². The zero-order valence-corrected chi connectivity index (χ0v) is 10.9. The molecule has 0 bridgehead atoms. The van der Waals surface area contributed by atoms with Crippen LogP contribution < -0.4 is 11.1 Å². The van der Waals surface area contributed by atoms with Gasteiger partial charge in [-0.05, 0) is 18.9 Å². The first-order valence-electron chi connectivity index (χ1n) is 6.85. The molecule has 1 aromatic rings. The van der Waals surface area contributed by atoms with E-state index in [4.69, 9.17) is 10.2 Å². The van der Waals surface area contributed by atoms with Crippen molar-refractivity contribution in [3.8, 4) is 0 Å². The highest BCUT2D eigenvalue weighted by Crippen LogP contribution is 2.18. The number of carbonyl (C=O) groups excluding carboxylic acids is 1. The van der Waals surface area contributed by atoms with Gasteiger partial charge in [-0.15, -0.1) is 0 Å². The molecule has 3 N–H and O–H groups in total. The molecule has 0 aliphatic heterocycles. The highest BCUT2D eigenvalue weighted by Gasteiger charge is 2.23. The molecule has 1 amide bonds. The van der Waals surface area contributed by atoms with Gasteiger partial charge in [-0.3, -0.25) is 4.79 Å². The van der Waals surface area contributed by atoms with Gasteiger partial charge in [-0.2, -0.15) is 0 Å². The molecule has 1 fully saturated rings. The molecule has 0 aromatic carbocycles. The van der Waals surface area contributed by atoms with Crippen LogP contribution >= 0.6 is 0 Å². The lowest BCUT2D eigenvalue weighted by Crippen LogP contribution is -2.47. The Labute approximate surface area is 108 Å². The van der Waals surface area contributed by atoms with Crippen LogP contribution in [0.4, 0.5) is 0 Å². The lowest BCUT2D eigenvalue weighted by molar-refractivity contribution is 0.0927. The van der Waals surface area contributed by atoms with Crippen LogP contribution in [-0.2, 0) is 6.42 Å². The van der Waals surface area contributed by atoms with Gasteiger partial charge in [0.15, 0.2) is 0 Å². The smallest absolute Gasteiger partial charge is 0.255 e. The Hall–Kier alpha value is -1.29.